The van der Waals surface area contributed by atoms with Crippen LogP contribution in [-0.4, -0.2) is 55.2 Å². The highest BCUT2D eigenvalue weighted by Crippen LogP contribution is 2.31. The molecule has 2 aromatic rings. The molecule has 0 spiro atoms. The highest BCUT2D eigenvalue weighted by molar-refractivity contribution is 5.92. The fourth-order valence-corrected chi connectivity index (χ4v) is 3.25. The van der Waals surface area contributed by atoms with Gasteiger partial charge in [-0.25, -0.2) is 4.98 Å². The maximum atomic E-state index is 12.3. The Bertz CT molecular complexity index is 778. The molecule has 0 unspecified atom stereocenters. The zero-order chi connectivity index (χ0) is 20.0. The molecular formula is C22H30N4O2. The van der Waals surface area contributed by atoms with Gasteiger partial charge in [-0.1, -0.05) is 39.0 Å². The summed E-state index contributed by atoms with van der Waals surface area (Å²) >= 11 is 0. The quantitative estimate of drug-likeness (QED) is 0.803. The molecule has 1 saturated heterocycles. The SMILES string of the molecule is CC(C)(C)c1ccccc1Nc1ccc(C(=O)NCCN2CCOCC2)nc1. The number of benzene rings is 1. The molecule has 0 saturated carbocycles. The third-order valence-electron chi connectivity index (χ3n) is 4.83. The number of para-hydroxylation sites is 1. The fourth-order valence-electron chi connectivity index (χ4n) is 3.25. The number of anilines is 2. The minimum absolute atomic E-state index is 0.0390. The zero-order valence-corrected chi connectivity index (χ0v) is 17.0. The Labute approximate surface area is 167 Å². The van der Waals surface area contributed by atoms with Gasteiger partial charge in [-0.15, -0.1) is 0 Å². The van der Waals surface area contributed by atoms with Crippen molar-refractivity contribution in [3.05, 3.63) is 53.9 Å². The molecule has 2 N–H and O–H groups in total. The normalized spacial score (nSPS) is 15.2. The van der Waals surface area contributed by atoms with Crippen LogP contribution < -0.4 is 10.6 Å². The van der Waals surface area contributed by atoms with E-state index in [0.29, 0.717) is 12.2 Å². The van der Waals surface area contributed by atoms with Crippen LogP contribution in [0.15, 0.2) is 42.6 Å². The number of ether oxygens (including phenoxy) is 1. The fraction of sp³-hybridized carbons (Fsp3) is 0.455. The number of morpholine rings is 1. The van der Waals surface area contributed by atoms with E-state index in [4.69, 9.17) is 4.74 Å². The van der Waals surface area contributed by atoms with Crippen LogP contribution in [0.1, 0.15) is 36.8 Å². The lowest BCUT2D eigenvalue weighted by Crippen LogP contribution is -2.41. The number of hydrogen-bond donors (Lipinski definition) is 2. The van der Waals surface area contributed by atoms with Crippen molar-refractivity contribution in [1.82, 2.24) is 15.2 Å². The first kappa shape index (κ1) is 20.3. The monoisotopic (exact) mass is 382 g/mol. The number of carbonyl (C=O) groups is 1. The van der Waals surface area contributed by atoms with Gasteiger partial charge in [-0.05, 0) is 29.2 Å². The Morgan fingerprint density at radius 2 is 1.89 bits per heavy atom. The van der Waals surface area contributed by atoms with E-state index in [2.05, 4.69) is 53.4 Å². The Hall–Kier alpha value is -2.44. The van der Waals surface area contributed by atoms with Crippen LogP contribution in [0.4, 0.5) is 11.4 Å². The van der Waals surface area contributed by atoms with Gasteiger partial charge in [0.15, 0.2) is 0 Å². The molecule has 2 heterocycles. The Balaban J connectivity index is 1.55. The van der Waals surface area contributed by atoms with Crippen molar-refractivity contribution in [3.63, 3.8) is 0 Å². The summed E-state index contributed by atoms with van der Waals surface area (Å²) in [5.74, 6) is -0.144. The van der Waals surface area contributed by atoms with E-state index in [9.17, 15) is 4.79 Å². The number of rotatable bonds is 6. The molecule has 28 heavy (non-hydrogen) atoms. The molecule has 1 aliphatic rings. The van der Waals surface area contributed by atoms with Crippen molar-refractivity contribution in [1.29, 1.82) is 0 Å². The zero-order valence-electron chi connectivity index (χ0n) is 17.0. The van der Waals surface area contributed by atoms with E-state index >= 15 is 0 Å². The Kier molecular flexibility index (Phi) is 6.65. The summed E-state index contributed by atoms with van der Waals surface area (Å²) in [4.78, 5) is 18.9. The van der Waals surface area contributed by atoms with Crippen molar-refractivity contribution in [3.8, 4) is 0 Å². The van der Waals surface area contributed by atoms with Gasteiger partial charge >= 0.3 is 0 Å². The topological polar surface area (TPSA) is 66.5 Å². The van der Waals surface area contributed by atoms with Crippen LogP contribution in [0.2, 0.25) is 0 Å². The summed E-state index contributed by atoms with van der Waals surface area (Å²) in [5.41, 5.74) is 3.62. The Morgan fingerprint density at radius 3 is 2.57 bits per heavy atom. The number of carbonyl (C=O) groups excluding carboxylic acids is 1. The first-order valence-electron chi connectivity index (χ1n) is 9.84. The Morgan fingerprint density at radius 1 is 1.14 bits per heavy atom. The highest BCUT2D eigenvalue weighted by atomic mass is 16.5. The van der Waals surface area contributed by atoms with Crippen molar-refractivity contribution in [2.45, 2.75) is 26.2 Å². The number of nitrogens with zero attached hydrogens (tertiary/aromatic N) is 2. The van der Waals surface area contributed by atoms with Crippen LogP contribution in [0.3, 0.4) is 0 Å². The average molecular weight is 383 g/mol. The van der Waals surface area contributed by atoms with E-state index in [0.717, 1.165) is 44.2 Å². The molecule has 0 atom stereocenters. The van der Waals surface area contributed by atoms with Crippen LogP contribution in [0, 0.1) is 0 Å². The van der Waals surface area contributed by atoms with Crippen LogP contribution in [0.5, 0.6) is 0 Å². The molecule has 0 aliphatic carbocycles. The standard InChI is InChI=1S/C22H30N4O2/c1-22(2,3)18-6-4-5-7-19(18)25-17-8-9-20(24-16-17)21(27)23-10-11-26-12-14-28-15-13-26/h4-9,16,25H,10-15H2,1-3H3,(H,23,27). The molecular weight excluding hydrogens is 352 g/mol. The molecule has 1 aromatic carbocycles. The minimum Gasteiger partial charge on any atom is -0.379 e. The number of hydrogen-bond acceptors (Lipinski definition) is 5. The molecule has 1 amide bonds. The summed E-state index contributed by atoms with van der Waals surface area (Å²) in [6.07, 6.45) is 1.70. The lowest BCUT2D eigenvalue weighted by atomic mass is 9.86. The van der Waals surface area contributed by atoms with Gasteiger partial charge < -0.3 is 15.4 Å². The molecule has 6 nitrogen and oxygen atoms in total. The number of nitrogens with one attached hydrogen (secondary N) is 2. The predicted molar refractivity (Wildman–Crippen MR) is 112 cm³/mol. The van der Waals surface area contributed by atoms with Crippen LogP contribution in [0.25, 0.3) is 0 Å². The van der Waals surface area contributed by atoms with E-state index in [-0.39, 0.29) is 11.3 Å². The van der Waals surface area contributed by atoms with Crippen LogP contribution in [-0.2, 0) is 10.2 Å². The molecule has 0 bridgehead atoms. The summed E-state index contributed by atoms with van der Waals surface area (Å²) in [7, 11) is 0. The third kappa shape index (κ3) is 5.53. The summed E-state index contributed by atoms with van der Waals surface area (Å²) in [6, 6.07) is 11.9. The van der Waals surface area contributed by atoms with Gasteiger partial charge in [-0.2, -0.15) is 0 Å². The summed E-state index contributed by atoms with van der Waals surface area (Å²) in [5, 5.41) is 6.36. The lowest BCUT2D eigenvalue weighted by molar-refractivity contribution is 0.0383. The van der Waals surface area contributed by atoms with Crippen molar-refractivity contribution < 1.29 is 9.53 Å². The summed E-state index contributed by atoms with van der Waals surface area (Å²) < 4.78 is 5.33. The lowest BCUT2D eigenvalue weighted by Gasteiger charge is -2.26. The minimum atomic E-state index is -0.144. The van der Waals surface area contributed by atoms with Crippen LogP contribution >= 0.6 is 0 Å². The molecule has 1 aliphatic heterocycles. The predicted octanol–water partition coefficient (Wildman–Crippen LogP) is 3.18. The van der Waals surface area contributed by atoms with Gasteiger partial charge in [0.25, 0.3) is 5.91 Å². The average Bonchev–Trinajstić information content (AvgIpc) is 2.69. The van der Waals surface area contributed by atoms with E-state index in [1.165, 1.54) is 5.56 Å². The second kappa shape index (κ2) is 9.17. The third-order valence-corrected chi connectivity index (χ3v) is 4.83. The molecule has 1 aromatic heterocycles. The first-order valence-corrected chi connectivity index (χ1v) is 9.84. The summed E-state index contributed by atoms with van der Waals surface area (Å²) in [6.45, 7) is 11.4. The highest BCUT2D eigenvalue weighted by Gasteiger charge is 2.17. The van der Waals surface area contributed by atoms with Gasteiger partial charge in [0, 0.05) is 31.9 Å². The smallest absolute Gasteiger partial charge is 0.269 e. The van der Waals surface area contributed by atoms with Crippen molar-refractivity contribution >= 4 is 17.3 Å². The van der Waals surface area contributed by atoms with Gasteiger partial charge in [-0.3, -0.25) is 9.69 Å². The van der Waals surface area contributed by atoms with E-state index in [1.54, 1.807) is 12.3 Å². The second-order valence-electron chi connectivity index (χ2n) is 8.06. The number of aromatic nitrogens is 1. The molecule has 6 heteroatoms. The molecule has 1 fully saturated rings. The van der Waals surface area contributed by atoms with Crippen molar-refractivity contribution in [2.24, 2.45) is 0 Å². The second-order valence-corrected chi connectivity index (χ2v) is 8.06. The van der Waals surface area contributed by atoms with Gasteiger partial charge in [0.1, 0.15) is 5.69 Å². The maximum Gasteiger partial charge on any atom is 0.269 e. The molecule has 150 valence electrons. The van der Waals surface area contributed by atoms with Gasteiger partial charge in [0.2, 0.25) is 0 Å². The van der Waals surface area contributed by atoms with Gasteiger partial charge in [0.05, 0.1) is 25.1 Å². The van der Waals surface area contributed by atoms with E-state index < -0.39 is 0 Å². The first-order chi connectivity index (χ1) is 13.4. The van der Waals surface area contributed by atoms with E-state index in [1.807, 2.05) is 18.2 Å². The number of pyridine rings is 1. The van der Waals surface area contributed by atoms with Crippen molar-refractivity contribution in [2.75, 3.05) is 44.7 Å². The maximum absolute atomic E-state index is 12.3. The largest absolute Gasteiger partial charge is 0.379 e. The number of amides is 1. The molecule has 0 radical (unpaired) electrons. The molecule has 3 rings (SSSR count).